The molecular weight excluding hydrogens is 312 g/mol. The summed E-state index contributed by atoms with van der Waals surface area (Å²) in [5.74, 6) is 0.460. The van der Waals surface area contributed by atoms with Crippen LogP contribution in [0.15, 0.2) is 77.9 Å². The molecule has 122 valence electrons. The number of para-hydroxylation sites is 1. The second-order valence-electron chi connectivity index (χ2n) is 5.75. The number of nitrogens with one attached hydrogen (secondary N) is 1. The summed E-state index contributed by atoms with van der Waals surface area (Å²) in [6.07, 6.45) is 3.40. The van der Waals surface area contributed by atoms with Crippen molar-refractivity contribution in [3.05, 3.63) is 89.0 Å². The lowest BCUT2D eigenvalue weighted by Gasteiger charge is -2.15. The van der Waals surface area contributed by atoms with Crippen LogP contribution in [-0.2, 0) is 0 Å². The number of aryl methyl sites for hydroxylation is 1. The van der Waals surface area contributed by atoms with Crippen LogP contribution in [0.3, 0.4) is 0 Å². The lowest BCUT2D eigenvalue weighted by Crippen LogP contribution is -2.23. The van der Waals surface area contributed by atoms with Crippen LogP contribution in [-0.4, -0.2) is 14.5 Å². The standard InChI is InChI=1S/C20H16N4O/c1-14-7-5-11-17-18(14)19(25)24(16-9-3-2-4-10-16)20(23-17)22-15-8-6-12-21-13-15/h2-13H,1H3,(H,22,23). The first-order valence-electron chi connectivity index (χ1n) is 7.99. The van der Waals surface area contributed by atoms with E-state index < -0.39 is 0 Å². The zero-order chi connectivity index (χ0) is 17.2. The van der Waals surface area contributed by atoms with Gasteiger partial charge in [0, 0.05) is 6.20 Å². The number of nitrogens with zero attached hydrogens (tertiary/aromatic N) is 3. The Bertz CT molecular complexity index is 1090. The number of aromatic nitrogens is 3. The Morgan fingerprint density at radius 1 is 0.960 bits per heavy atom. The summed E-state index contributed by atoms with van der Waals surface area (Å²) in [6.45, 7) is 1.93. The molecule has 0 atom stereocenters. The second-order valence-corrected chi connectivity index (χ2v) is 5.75. The molecule has 5 nitrogen and oxygen atoms in total. The molecule has 0 fully saturated rings. The monoisotopic (exact) mass is 328 g/mol. The lowest BCUT2D eigenvalue weighted by molar-refractivity contribution is 0.972. The average Bonchev–Trinajstić information content (AvgIpc) is 2.63. The van der Waals surface area contributed by atoms with Gasteiger partial charge in [0.05, 0.1) is 28.5 Å². The van der Waals surface area contributed by atoms with Crippen molar-refractivity contribution in [3.8, 4) is 5.69 Å². The van der Waals surface area contributed by atoms with Gasteiger partial charge in [0.25, 0.3) is 5.56 Å². The van der Waals surface area contributed by atoms with E-state index >= 15 is 0 Å². The first-order chi connectivity index (χ1) is 12.2. The first-order valence-corrected chi connectivity index (χ1v) is 7.99. The van der Waals surface area contributed by atoms with Gasteiger partial charge >= 0.3 is 0 Å². The van der Waals surface area contributed by atoms with E-state index in [-0.39, 0.29) is 5.56 Å². The molecule has 0 spiro atoms. The zero-order valence-electron chi connectivity index (χ0n) is 13.7. The topological polar surface area (TPSA) is 59.8 Å². The summed E-state index contributed by atoms with van der Waals surface area (Å²) in [4.78, 5) is 22.0. The van der Waals surface area contributed by atoms with Crippen molar-refractivity contribution in [2.75, 3.05) is 5.32 Å². The summed E-state index contributed by atoms with van der Waals surface area (Å²) in [5, 5.41) is 3.84. The number of pyridine rings is 1. The molecule has 4 rings (SSSR count). The number of hydrogen-bond acceptors (Lipinski definition) is 4. The molecule has 0 amide bonds. The predicted molar refractivity (Wildman–Crippen MR) is 99.6 cm³/mol. The van der Waals surface area contributed by atoms with Crippen LogP contribution >= 0.6 is 0 Å². The average molecular weight is 328 g/mol. The van der Waals surface area contributed by atoms with Crippen molar-refractivity contribution in [3.63, 3.8) is 0 Å². The van der Waals surface area contributed by atoms with Crippen LogP contribution in [0.4, 0.5) is 11.6 Å². The molecule has 0 bridgehead atoms. The van der Waals surface area contributed by atoms with Crippen molar-refractivity contribution >= 4 is 22.5 Å². The van der Waals surface area contributed by atoms with Gasteiger partial charge in [-0.3, -0.25) is 9.78 Å². The Hall–Kier alpha value is -3.47. The van der Waals surface area contributed by atoms with Gasteiger partial charge in [0.1, 0.15) is 0 Å². The van der Waals surface area contributed by atoms with Crippen LogP contribution in [0.5, 0.6) is 0 Å². The van der Waals surface area contributed by atoms with Crippen molar-refractivity contribution in [1.82, 2.24) is 14.5 Å². The molecular formula is C20H16N4O. The smallest absolute Gasteiger partial charge is 0.267 e. The highest BCUT2D eigenvalue weighted by molar-refractivity contribution is 5.83. The maximum Gasteiger partial charge on any atom is 0.267 e. The second kappa shape index (κ2) is 6.20. The summed E-state index contributed by atoms with van der Waals surface area (Å²) in [6, 6.07) is 18.9. The van der Waals surface area contributed by atoms with Crippen LogP contribution < -0.4 is 10.9 Å². The minimum Gasteiger partial charge on any atom is -0.324 e. The van der Waals surface area contributed by atoms with E-state index in [0.29, 0.717) is 16.9 Å². The summed E-state index contributed by atoms with van der Waals surface area (Å²) in [5.41, 5.74) is 3.01. The fourth-order valence-corrected chi connectivity index (χ4v) is 2.86. The molecule has 0 saturated carbocycles. The van der Waals surface area contributed by atoms with E-state index in [0.717, 1.165) is 16.9 Å². The Labute approximate surface area is 144 Å². The molecule has 0 unspecified atom stereocenters. The fraction of sp³-hybridized carbons (Fsp3) is 0.0500. The van der Waals surface area contributed by atoms with E-state index in [1.807, 2.05) is 67.6 Å². The van der Waals surface area contributed by atoms with Gasteiger partial charge in [-0.05, 0) is 42.8 Å². The molecule has 2 heterocycles. The van der Waals surface area contributed by atoms with E-state index in [1.54, 1.807) is 17.0 Å². The molecule has 2 aromatic heterocycles. The van der Waals surface area contributed by atoms with Gasteiger partial charge in [-0.2, -0.15) is 0 Å². The van der Waals surface area contributed by atoms with Gasteiger partial charge in [-0.25, -0.2) is 9.55 Å². The molecule has 1 N–H and O–H groups in total. The number of hydrogen-bond donors (Lipinski definition) is 1. The van der Waals surface area contributed by atoms with E-state index in [9.17, 15) is 4.79 Å². The summed E-state index contributed by atoms with van der Waals surface area (Å²) in [7, 11) is 0. The number of anilines is 2. The highest BCUT2D eigenvalue weighted by Crippen LogP contribution is 2.21. The third-order valence-electron chi connectivity index (χ3n) is 4.04. The van der Waals surface area contributed by atoms with E-state index in [1.165, 1.54) is 0 Å². The van der Waals surface area contributed by atoms with E-state index in [4.69, 9.17) is 4.98 Å². The molecule has 0 aliphatic carbocycles. The quantitative estimate of drug-likeness (QED) is 0.621. The van der Waals surface area contributed by atoms with Crippen LogP contribution in [0.2, 0.25) is 0 Å². The first kappa shape index (κ1) is 15.1. The van der Waals surface area contributed by atoms with Crippen molar-refractivity contribution in [2.45, 2.75) is 6.92 Å². The molecule has 4 aromatic rings. The van der Waals surface area contributed by atoms with Crippen molar-refractivity contribution in [2.24, 2.45) is 0 Å². The Morgan fingerprint density at radius 3 is 2.56 bits per heavy atom. The van der Waals surface area contributed by atoms with Gasteiger partial charge in [-0.1, -0.05) is 30.3 Å². The summed E-state index contributed by atoms with van der Waals surface area (Å²) < 4.78 is 1.60. The third-order valence-corrected chi connectivity index (χ3v) is 4.04. The van der Waals surface area contributed by atoms with Crippen LogP contribution in [0.1, 0.15) is 5.56 Å². The molecule has 0 aliphatic rings. The maximum atomic E-state index is 13.2. The molecule has 25 heavy (non-hydrogen) atoms. The highest BCUT2D eigenvalue weighted by atomic mass is 16.1. The van der Waals surface area contributed by atoms with Crippen molar-refractivity contribution in [1.29, 1.82) is 0 Å². The minimum absolute atomic E-state index is 0.0966. The van der Waals surface area contributed by atoms with Crippen molar-refractivity contribution < 1.29 is 0 Å². The Kier molecular flexibility index (Phi) is 3.74. The summed E-state index contributed by atoms with van der Waals surface area (Å²) >= 11 is 0. The van der Waals surface area contributed by atoms with Crippen LogP contribution in [0.25, 0.3) is 16.6 Å². The molecule has 2 aromatic carbocycles. The minimum atomic E-state index is -0.0966. The number of rotatable bonds is 3. The van der Waals surface area contributed by atoms with Gasteiger partial charge in [-0.15, -0.1) is 0 Å². The Balaban J connectivity index is 2.02. The fourth-order valence-electron chi connectivity index (χ4n) is 2.86. The number of benzene rings is 2. The predicted octanol–water partition coefficient (Wildman–Crippen LogP) is 3.83. The largest absolute Gasteiger partial charge is 0.324 e. The normalized spacial score (nSPS) is 10.8. The zero-order valence-corrected chi connectivity index (χ0v) is 13.7. The molecule has 0 saturated heterocycles. The lowest BCUT2D eigenvalue weighted by atomic mass is 10.1. The molecule has 5 heteroatoms. The number of fused-ring (bicyclic) bond motifs is 1. The molecule has 0 radical (unpaired) electrons. The van der Waals surface area contributed by atoms with Gasteiger partial charge < -0.3 is 5.32 Å². The van der Waals surface area contributed by atoms with Gasteiger partial charge in [0.2, 0.25) is 5.95 Å². The SMILES string of the molecule is Cc1cccc2nc(Nc3cccnc3)n(-c3ccccc3)c(=O)c12. The maximum absolute atomic E-state index is 13.2. The van der Waals surface area contributed by atoms with Crippen LogP contribution in [0, 0.1) is 6.92 Å². The highest BCUT2D eigenvalue weighted by Gasteiger charge is 2.14. The molecule has 0 aliphatic heterocycles. The Morgan fingerprint density at radius 2 is 1.80 bits per heavy atom. The third kappa shape index (κ3) is 2.76. The van der Waals surface area contributed by atoms with Gasteiger partial charge in [0.15, 0.2) is 0 Å². The van der Waals surface area contributed by atoms with E-state index in [2.05, 4.69) is 10.3 Å².